The Balaban J connectivity index is 3.21. The van der Waals surface area contributed by atoms with Crippen LogP contribution in [0.1, 0.15) is 16.7 Å². The van der Waals surface area contributed by atoms with E-state index in [1.54, 1.807) is 21.0 Å². The Morgan fingerprint density at radius 1 is 1.17 bits per heavy atom. The summed E-state index contributed by atoms with van der Waals surface area (Å²) in [5, 5.41) is 0. The molecule has 0 fully saturated rings. The monoisotopic (exact) mass is 292 g/mol. The predicted octanol–water partition coefficient (Wildman–Crippen LogP) is 2.56. The van der Waals surface area contributed by atoms with Gasteiger partial charge >= 0.3 is 0 Å². The van der Waals surface area contributed by atoms with Gasteiger partial charge in [0.15, 0.2) is 0 Å². The highest BCUT2D eigenvalue weighted by molar-refractivity contribution is 8.13. The van der Waals surface area contributed by atoms with Gasteiger partial charge in [0.2, 0.25) is 0 Å². The van der Waals surface area contributed by atoms with Crippen molar-refractivity contribution in [3.63, 3.8) is 0 Å². The van der Waals surface area contributed by atoms with E-state index in [1.165, 1.54) is 6.07 Å². The molecule has 0 aliphatic heterocycles. The normalized spacial score (nSPS) is 11.6. The zero-order chi connectivity index (χ0) is 13.9. The number of aryl methyl sites for hydroxylation is 1. The average Bonchev–Trinajstić information content (AvgIpc) is 2.26. The van der Waals surface area contributed by atoms with Gasteiger partial charge in [-0.2, -0.15) is 0 Å². The molecule has 1 aromatic carbocycles. The summed E-state index contributed by atoms with van der Waals surface area (Å²) in [5.74, 6) is 0.689. The molecule has 0 N–H and O–H groups in total. The first-order chi connectivity index (χ1) is 8.29. The maximum absolute atomic E-state index is 11.4. The van der Waals surface area contributed by atoms with Crippen molar-refractivity contribution >= 4 is 19.7 Å². The van der Waals surface area contributed by atoms with Gasteiger partial charge in [0.25, 0.3) is 9.05 Å². The van der Waals surface area contributed by atoms with Crippen molar-refractivity contribution in [1.29, 1.82) is 0 Å². The van der Waals surface area contributed by atoms with E-state index in [2.05, 4.69) is 0 Å². The average molecular weight is 293 g/mol. The number of hydrogen-bond acceptors (Lipinski definition) is 4. The zero-order valence-corrected chi connectivity index (χ0v) is 12.5. The summed E-state index contributed by atoms with van der Waals surface area (Å²) in [7, 11) is 3.26. The first-order valence-electron chi connectivity index (χ1n) is 5.46. The number of methoxy groups -OCH3 is 1. The summed E-state index contributed by atoms with van der Waals surface area (Å²) in [6, 6.07) is 1.53. The summed E-state index contributed by atoms with van der Waals surface area (Å²) in [6.07, 6.45) is 0. The van der Waals surface area contributed by atoms with E-state index in [9.17, 15) is 8.42 Å². The van der Waals surface area contributed by atoms with Crippen LogP contribution in [-0.4, -0.2) is 28.7 Å². The fourth-order valence-corrected chi connectivity index (χ4v) is 3.04. The van der Waals surface area contributed by atoms with Crippen LogP contribution >= 0.6 is 10.7 Å². The van der Waals surface area contributed by atoms with Crippen molar-refractivity contribution in [2.45, 2.75) is 25.7 Å². The molecule has 0 saturated carbocycles. The van der Waals surface area contributed by atoms with Gasteiger partial charge in [0.1, 0.15) is 12.4 Å². The molecule has 0 aromatic heterocycles. The van der Waals surface area contributed by atoms with Crippen LogP contribution in [0.5, 0.6) is 5.75 Å². The number of halogens is 1. The molecule has 0 saturated heterocycles. The lowest BCUT2D eigenvalue weighted by molar-refractivity contribution is 0.145. The van der Waals surface area contributed by atoms with Crippen molar-refractivity contribution in [1.82, 2.24) is 0 Å². The molecule has 0 spiro atoms. The molecule has 102 valence electrons. The van der Waals surface area contributed by atoms with Crippen molar-refractivity contribution in [3.8, 4) is 5.75 Å². The first kappa shape index (κ1) is 15.3. The van der Waals surface area contributed by atoms with Gasteiger partial charge in [-0.1, -0.05) is 0 Å². The highest BCUT2D eigenvalue weighted by atomic mass is 35.7. The topological polar surface area (TPSA) is 52.6 Å². The van der Waals surface area contributed by atoms with Gasteiger partial charge in [0.05, 0.1) is 11.5 Å². The Bertz CT molecular complexity index is 537. The SMILES string of the molecule is COCCOc1c(C)cc(S(=O)(=O)Cl)c(C)c1C. The number of ether oxygens (including phenoxy) is 2. The van der Waals surface area contributed by atoms with Crippen LogP contribution in [-0.2, 0) is 13.8 Å². The standard InChI is InChI=1S/C12H17ClO4S/c1-8-7-11(18(13,14)15)9(2)10(3)12(8)17-6-5-16-4/h7H,5-6H2,1-4H3. The van der Waals surface area contributed by atoms with Gasteiger partial charge < -0.3 is 9.47 Å². The van der Waals surface area contributed by atoms with E-state index in [0.717, 1.165) is 11.1 Å². The molecule has 1 aromatic rings. The predicted molar refractivity (Wildman–Crippen MR) is 71.1 cm³/mol. The second-order valence-corrected chi connectivity index (χ2v) is 6.58. The Morgan fingerprint density at radius 3 is 2.28 bits per heavy atom. The van der Waals surface area contributed by atoms with Gasteiger partial charge in [-0.25, -0.2) is 8.42 Å². The molecule has 0 bridgehead atoms. The minimum absolute atomic E-state index is 0.137. The van der Waals surface area contributed by atoms with Crippen LogP contribution in [0.2, 0.25) is 0 Å². The summed E-state index contributed by atoms with van der Waals surface area (Å²) in [6.45, 7) is 6.22. The zero-order valence-electron chi connectivity index (χ0n) is 10.9. The molecule has 1 rings (SSSR count). The van der Waals surface area contributed by atoms with Crippen LogP contribution in [0.25, 0.3) is 0 Å². The third-order valence-electron chi connectivity index (χ3n) is 2.77. The van der Waals surface area contributed by atoms with E-state index in [1.807, 2.05) is 6.92 Å². The third-order valence-corrected chi connectivity index (χ3v) is 4.22. The van der Waals surface area contributed by atoms with Gasteiger partial charge in [0, 0.05) is 17.8 Å². The highest BCUT2D eigenvalue weighted by Gasteiger charge is 2.19. The first-order valence-corrected chi connectivity index (χ1v) is 7.77. The van der Waals surface area contributed by atoms with E-state index in [4.69, 9.17) is 20.2 Å². The Hall–Kier alpha value is -0.780. The van der Waals surface area contributed by atoms with E-state index < -0.39 is 9.05 Å². The quantitative estimate of drug-likeness (QED) is 0.618. The summed E-state index contributed by atoms with van der Waals surface area (Å²) >= 11 is 0. The molecule has 0 heterocycles. The minimum atomic E-state index is -3.73. The molecule has 0 atom stereocenters. The second kappa shape index (κ2) is 5.91. The van der Waals surface area contributed by atoms with Crippen LogP contribution in [0.4, 0.5) is 0 Å². The largest absolute Gasteiger partial charge is 0.491 e. The van der Waals surface area contributed by atoms with Crippen molar-refractivity contribution in [3.05, 3.63) is 22.8 Å². The second-order valence-electron chi connectivity index (χ2n) is 4.05. The molecule has 0 aliphatic carbocycles. The summed E-state index contributed by atoms with van der Waals surface area (Å²) < 4.78 is 33.4. The van der Waals surface area contributed by atoms with Crippen molar-refractivity contribution in [2.24, 2.45) is 0 Å². The van der Waals surface area contributed by atoms with Crippen molar-refractivity contribution < 1.29 is 17.9 Å². The molecule has 4 nitrogen and oxygen atoms in total. The number of rotatable bonds is 5. The lowest BCUT2D eigenvalue weighted by Gasteiger charge is -2.16. The number of benzene rings is 1. The van der Waals surface area contributed by atoms with E-state index >= 15 is 0 Å². The smallest absolute Gasteiger partial charge is 0.261 e. The molecule has 0 amide bonds. The summed E-state index contributed by atoms with van der Waals surface area (Å²) in [5.41, 5.74) is 2.14. The molecule has 0 radical (unpaired) electrons. The van der Waals surface area contributed by atoms with E-state index in [-0.39, 0.29) is 4.90 Å². The molecule has 6 heteroatoms. The Morgan fingerprint density at radius 2 is 1.78 bits per heavy atom. The van der Waals surface area contributed by atoms with Gasteiger partial charge in [-0.05, 0) is 43.5 Å². The minimum Gasteiger partial charge on any atom is -0.491 e. The Labute approximate surface area is 112 Å². The lowest BCUT2D eigenvalue weighted by Crippen LogP contribution is -2.08. The lowest BCUT2D eigenvalue weighted by atomic mass is 10.1. The molecule has 0 unspecified atom stereocenters. The molecular formula is C12H17ClO4S. The van der Waals surface area contributed by atoms with Crippen LogP contribution in [0.3, 0.4) is 0 Å². The third kappa shape index (κ3) is 3.37. The molecule has 18 heavy (non-hydrogen) atoms. The van der Waals surface area contributed by atoms with Crippen LogP contribution < -0.4 is 4.74 Å². The maximum Gasteiger partial charge on any atom is 0.261 e. The highest BCUT2D eigenvalue weighted by Crippen LogP contribution is 2.32. The molecular weight excluding hydrogens is 276 g/mol. The van der Waals surface area contributed by atoms with Gasteiger partial charge in [-0.3, -0.25) is 0 Å². The Kier molecular flexibility index (Phi) is 5.01. The van der Waals surface area contributed by atoms with Crippen LogP contribution in [0.15, 0.2) is 11.0 Å². The van der Waals surface area contributed by atoms with Crippen LogP contribution in [0, 0.1) is 20.8 Å². The van der Waals surface area contributed by atoms with Crippen molar-refractivity contribution in [2.75, 3.05) is 20.3 Å². The summed E-state index contributed by atoms with van der Waals surface area (Å²) in [4.78, 5) is 0.137. The fraction of sp³-hybridized carbons (Fsp3) is 0.500. The van der Waals surface area contributed by atoms with Gasteiger partial charge in [-0.15, -0.1) is 0 Å². The molecule has 0 aliphatic rings. The maximum atomic E-state index is 11.4. The number of hydrogen-bond donors (Lipinski definition) is 0. The fourth-order valence-electron chi connectivity index (χ4n) is 1.72. The van der Waals surface area contributed by atoms with E-state index in [0.29, 0.717) is 24.5 Å².